The molecule has 0 fully saturated rings. The molecule has 2 unspecified atom stereocenters. The first-order valence-electron chi connectivity index (χ1n) is 6.62. The predicted molar refractivity (Wildman–Crippen MR) is 94.6 cm³/mol. The van der Waals surface area contributed by atoms with Crippen LogP contribution in [0.5, 0.6) is 0 Å². The molecule has 1 heterocycles. The summed E-state index contributed by atoms with van der Waals surface area (Å²) in [5.74, 6) is -0.405. The number of carbonyl (C=O) groups is 1. The molecule has 0 aliphatic heterocycles. The van der Waals surface area contributed by atoms with Crippen molar-refractivity contribution < 1.29 is 4.79 Å². The third-order valence-corrected chi connectivity index (χ3v) is 3.30. The Balaban J connectivity index is 0.00000220. The van der Waals surface area contributed by atoms with Crippen LogP contribution in [0.15, 0.2) is 48.7 Å². The molecule has 6 heteroatoms. The number of pyridine rings is 1. The van der Waals surface area contributed by atoms with Crippen molar-refractivity contribution in [2.24, 2.45) is 11.7 Å². The summed E-state index contributed by atoms with van der Waals surface area (Å²) in [6.07, 6.45) is 1.67. The van der Waals surface area contributed by atoms with Gasteiger partial charge in [-0.3, -0.25) is 9.78 Å². The molecular weight excluding hydrogens is 321 g/mol. The SMILES string of the molecule is Cc1cc(NC(=O)C(C)C(N)c2ccccc2)ccn1.Cl.Cl. The van der Waals surface area contributed by atoms with Gasteiger partial charge in [-0.05, 0) is 24.6 Å². The minimum Gasteiger partial charge on any atom is -0.326 e. The maximum atomic E-state index is 12.2. The number of hydrogen-bond acceptors (Lipinski definition) is 3. The molecule has 2 atom stereocenters. The van der Waals surface area contributed by atoms with Crippen LogP contribution in [-0.2, 0) is 4.79 Å². The van der Waals surface area contributed by atoms with Gasteiger partial charge in [-0.1, -0.05) is 37.3 Å². The lowest BCUT2D eigenvalue weighted by Crippen LogP contribution is -2.30. The molecule has 22 heavy (non-hydrogen) atoms. The number of anilines is 1. The third kappa shape index (κ3) is 5.30. The fraction of sp³-hybridized carbons (Fsp3) is 0.250. The largest absolute Gasteiger partial charge is 0.326 e. The van der Waals surface area contributed by atoms with Crippen LogP contribution >= 0.6 is 24.8 Å². The number of nitrogens with two attached hydrogens (primary N) is 1. The second kappa shape index (κ2) is 9.41. The average Bonchev–Trinajstić information content (AvgIpc) is 2.46. The van der Waals surface area contributed by atoms with Crippen LogP contribution in [0, 0.1) is 12.8 Å². The van der Waals surface area contributed by atoms with Gasteiger partial charge in [-0.25, -0.2) is 0 Å². The van der Waals surface area contributed by atoms with E-state index in [1.807, 2.05) is 50.2 Å². The number of aryl methyl sites for hydroxylation is 1. The Bertz CT molecular complexity index is 593. The summed E-state index contributed by atoms with van der Waals surface area (Å²) in [6.45, 7) is 3.72. The number of carbonyl (C=O) groups excluding carboxylic acids is 1. The maximum absolute atomic E-state index is 12.2. The van der Waals surface area contributed by atoms with Crippen molar-refractivity contribution in [1.29, 1.82) is 0 Å². The summed E-state index contributed by atoms with van der Waals surface area (Å²) < 4.78 is 0. The molecule has 4 nitrogen and oxygen atoms in total. The molecule has 0 saturated carbocycles. The van der Waals surface area contributed by atoms with E-state index in [0.29, 0.717) is 0 Å². The first-order chi connectivity index (χ1) is 9.58. The molecule has 120 valence electrons. The smallest absolute Gasteiger partial charge is 0.229 e. The highest BCUT2D eigenvalue weighted by Crippen LogP contribution is 2.20. The Morgan fingerprint density at radius 1 is 1.18 bits per heavy atom. The molecule has 0 spiro atoms. The van der Waals surface area contributed by atoms with Gasteiger partial charge in [-0.2, -0.15) is 0 Å². The van der Waals surface area contributed by atoms with Crippen LogP contribution in [-0.4, -0.2) is 10.9 Å². The van der Waals surface area contributed by atoms with Crippen molar-refractivity contribution >= 4 is 36.4 Å². The Kier molecular flexibility index (Phi) is 8.72. The van der Waals surface area contributed by atoms with Crippen LogP contribution in [0.25, 0.3) is 0 Å². The van der Waals surface area contributed by atoms with E-state index in [0.717, 1.165) is 16.9 Å². The lowest BCUT2D eigenvalue weighted by Gasteiger charge is -2.19. The first-order valence-corrected chi connectivity index (χ1v) is 6.62. The van der Waals surface area contributed by atoms with Gasteiger partial charge < -0.3 is 11.1 Å². The minimum atomic E-state index is -0.320. The molecule has 0 radical (unpaired) electrons. The van der Waals surface area contributed by atoms with Crippen LogP contribution in [0.3, 0.4) is 0 Å². The Labute approximate surface area is 143 Å². The number of rotatable bonds is 4. The van der Waals surface area contributed by atoms with E-state index in [4.69, 9.17) is 5.73 Å². The van der Waals surface area contributed by atoms with Crippen LogP contribution in [0.2, 0.25) is 0 Å². The molecule has 0 aliphatic rings. The summed E-state index contributed by atoms with van der Waals surface area (Å²) in [6, 6.07) is 12.9. The fourth-order valence-electron chi connectivity index (χ4n) is 2.01. The van der Waals surface area contributed by atoms with E-state index in [2.05, 4.69) is 10.3 Å². The molecule has 0 bridgehead atoms. The molecule has 1 aromatic heterocycles. The number of hydrogen-bond donors (Lipinski definition) is 2. The normalized spacial score (nSPS) is 12.3. The number of nitrogens with one attached hydrogen (secondary N) is 1. The first kappa shape index (κ1) is 20.4. The number of benzene rings is 1. The van der Waals surface area contributed by atoms with Gasteiger partial charge in [0.05, 0.1) is 5.92 Å². The van der Waals surface area contributed by atoms with Crippen molar-refractivity contribution in [3.05, 3.63) is 59.9 Å². The predicted octanol–water partition coefficient (Wildman–Crippen LogP) is 3.51. The van der Waals surface area contributed by atoms with Crippen LogP contribution in [0.4, 0.5) is 5.69 Å². The van der Waals surface area contributed by atoms with Gasteiger partial charge in [0.25, 0.3) is 0 Å². The Hall–Kier alpha value is -1.62. The van der Waals surface area contributed by atoms with E-state index in [9.17, 15) is 4.79 Å². The molecular formula is C16H21Cl2N3O. The van der Waals surface area contributed by atoms with Crippen molar-refractivity contribution in [2.45, 2.75) is 19.9 Å². The summed E-state index contributed by atoms with van der Waals surface area (Å²) in [7, 11) is 0. The maximum Gasteiger partial charge on any atom is 0.229 e. The number of halogens is 2. The molecule has 3 N–H and O–H groups in total. The van der Waals surface area contributed by atoms with E-state index >= 15 is 0 Å². The average molecular weight is 342 g/mol. The zero-order valence-electron chi connectivity index (χ0n) is 12.5. The zero-order chi connectivity index (χ0) is 14.5. The lowest BCUT2D eigenvalue weighted by atomic mass is 9.94. The molecule has 0 aliphatic carbocycles. The zero-order valence-corrected chi connectivity index (χ0v) is 14.2. The van der Waals surface area contributed by atoms with Gasteiger partial charge in [0.1, 0.15) is 0 Å². The summed E-state index contributed by atoms with van der Waals surface area (Å²) in [4.78, 5) is 16.3. The van der Waals surface area contributed by atoms with E-state index in [-0.39, 0.29) is 42.7 Å². The van der Waals surface area contributed by atoms with E-state index in [1.54, 1.807) is 12.3 Å². The van der Waals surface area contributed by atoms with Gasteiger partial charge in [0, 0.05) is 23.6 Å². The second-order valence-corrected chi connectivity index (χ2v) is 4.90. The van der Waals surface area contributed by atoms with Crippen molar-refractivity contribution in [2.75, 3.05) is 5.32 Å². The van der Waals surface area contributed by atoms with Gasteiger partial charge in [0.15, 0.2) is 0 Å². The molecule has 1 aromatic carbocycles. The molecule has 1 amide bonds. The quantitative estimate of drug-likeness (QED) is 0.893. The van der Waals surface area contributed by atoms with E-state index in [1.165, 1.54) is 0 Å². The van der Waals surface area contributed by atoms with Crippen LogP contribution in [0.1, 0.15) is 24.2 Å². The van der Waals surface area contributed by atoms with Gasteiger partial charge in [0.2, 0.25) is 5.91 Å². The number of amides is 1. The topological polar surface area (TPSA) is 68.0 Å². The Morgan fingerprint density at radius 3 is 2.41 bits per heavy atom. The highest BCUT2D eigenvalue weighted by molar-refractivity contribution is 5.92. The molecule has 2 rings (SSSR count). The standard InChI is InChI=1S/C16H19N3O.2ClH/c1-11-10-14(8-9-18-11)19-16(20)12(2)15(17)13-6-4-3-5-7-13;;/h3-10,12,15H,17H2,1-2H3,(H,18,19,20);2*1H. The number of nitrogens with zero attached hydrogens (tertiary/aromatic N) is 1. The molecule has 0 saturated heterocycles. The van der Waals surface area contributed by atoms with Crippen molar-refractivity contribution in [1.82, 2.24) is 4.98 Å². The summed E-state index contributed by atoms with van der Waals surface area (Å²) >= 11 is 0. The second-order valence-electron chi connectivity index (χ2n) is 4.90. The third-order valence-electron chi connectivity index (χ3n) is 3.30. The monoisotopic (exact) mass is 341 g/mol. The highest BCUT2D eigenvalue weighted by Gasteiger charge is 2.22. The van der Waals surface area contributed by atoms with Crippen molar-refractivity contribution in [3.8, 4) is 0 Å². The minimum absolute atomic E-state index is 0. The summed E-state index contributed by atoms with van der Waals surface area (Å²) in [5, 5.41) is 2.87. The fourth-order valence-corrected chi connectivity index (χ4v) is 2.01. The number of aromatic nitrogens is 1. The van der Waals surface area contributed by atoms with Gasteiger partial charge in [-0.15, -0.1) is 24.8 Å². The van der Waals surface area contributed by atoms with Crippen LogP contribution < -0.4 is 11.1 Å². The summed E-state index contributed by atoms with van der Waals surface area (Å²) in [5.41, 5.74) is 8.72. The molecule has 2 aromatic rings. The van der Waals surface area contributed by atoms with Gasteiger partial charge >= 0.3 is 0 Å². The highest BCUT2D eigenvalue weighted by atomic mass is 35.5. The lowest BCUT2D eigenvalue weighted by molar-refractivity contribution is -0.120. The van der Waals surface area contributed by atoms with Crippen molar-refractivity contribution in [3.63, 3.8) is 0 Å². The Morgan fingerprint density at radius 2 is 1.82 bits per heavy atom. The van der Waals surface area contributed by atoms with E-state index < -0.39 is 0 Å².